The maximum atomic E-state index is 6.16. The monoisotopic (exact) mass is 226 g/mol. The van der Waals surface area contributed by atoms with Gasteiger partial charge < -0.3 is 11.5 Å². The molecule has 2 heteroatoms. The molecule has 0 atom stereocenters. The van der Waals surface area contributed by atoms with Crippen molar-refractivity contribution in [1.82, 2.24) is 0 Å². The maximum absolute atomic E-state index is 6.16. The van der Waals surface area contributed by atoms with E-state index < -0.39 is 5.66 Å². The molecule has 0 aliphatic heterocycles. The van der Waals surface area contributed by atoms with Crippen LogP contribution in [0.1, 0.15) is 17.5 Å². The van der Waals surface area contributed by atoms with E-state index in [9.17, 15) is 0 Å². The Kier molecular flexibility index (Phi) is 3.57. The molecule has 0 saturated carbocycles. The molecule has 0 unspecified atom stereocenters. The molecule has 0 bridgehead atoms. The Hall–Kier alpha value is -1.64. The van der Waals surface area contributed by atoms with Gasteiger partial charge >= 0.3 is 0 Å². The van der Waals surface area contributed by atoms with Crippen molar-refractivity contribution < 1.29 is 0 Å². The van der Waals surface area contributed by atoms with Crippen molar-refractivity contribution >= 4 is 0 Å². The standard InChI is InChI=1S/C15H18N2/c16-15(17,14-9-5-2-6-10-14)12-11-13-7-3-1-4-8-13/h1-10H,11-12,16-17H2. The number of hydrogen-bond donors (Lipinski definition) is 2. The van der Waals surface area contributed by atoms with Crippen LogP contribution >= 0.6 is 0 Å². The smallest absolute Gasteiger partial charge is 0.0902 e. The highest BCUT2D eigenvalue weighted by atomic mass is 14.9. The molecule has 0 aromatic heterocycles. The third kappa shape index (κ3) is 3.16. The van der Waals surface area contributed by atoms with Gasteiger partial charge in [-0.15, -0.1) is 0 Å². The molecule has 2 aromatic rings. The second-order valence-electron chi connectivity index (χ2n) is 4.39. The molecule has 4 N–H and O–H groups in total. The van der Waals surface area contributed by atoms with Gasteiger partial charge in [-0.05, 0) is 24.0 Å². The molecule has 0 fully saturated rings. The minimum Gasteiger partial charge on any atom is -0.310 e. The number of benzene rings is 2. The summed E-state index contributed by atoms with van der Waals surface area (Å²) in [4.78, 5) is 0. The fourth-order valence-electron chi connectivity index (χ4n) is 1.89. The third-order valence-corrected chi connectivity index (χ3v) is 2.98. The summed E-state index contributed by atoms with van der Waals surface area (Å²) in [5.74, 6) is 0. The maximum Gasteiger partial charge on any atom is 0.0902 e. The van der Waals surface area contributed by atoms with E-state index in [4.69, 9.17) is 11.5 Å². The number of nitrogens with two attached hydrogens (primary N) is 2. The summed E-state index contributed by atoms with van der Waals surface area (Å²) in [5, 5.41) is 0. The summed E-state index contributed by atoms with van der Waals surface area (Å²) in [6.45, 7) is 0. The average molecular weight is 226 g/mol. The normalized spacial score (nSPS) is 11.4. The minimum absolute atomic E-state index is 0.737. The molecule has 2 rings (SSSR count). The molecule has 0 aliphatic carbocycles. The molecule has 2 nitrogen and oxygen atoms in total. The molecule has 0 heterocycles. The van der Waals surface area contributed by atoms with Gasteiger partial charge in [0.05, 0.1) is 5.66 Å². The fourth-order valence-corrected chi connectivity index (χ4v) is 1.89. The summed E-state index contributed by atoms with van der Waals surface area (Å²) >= 11 is 0. The van der Waals surface area contributed by atoms with Crippen LogP contribution in [0.15, 0.2) is 60.7 Å². The van der Waals surface area contributed by atoms with Gasteiger partial charge in [-0.25, -0.2) is 0 Å². The third-order valence-electron chi connectivity index (χ3n) is 2.98. The lowest BCUT2D eigenvalue weighted by molar-refractivity contribution is 0.426. The Morgan fingerprint density at radius 2 is 1.29 bits per heavy atom. The predicted octanol–water partition coefficient (Wildman–Crippen LogP) is 2.39. The van der Waals surface area contributed by atoms with Crippen molar-refractivity contribution in [1.29, 1.82) is 0 Å². The van der Waals surface area contributed by atoms with Gasteiger partial charge in [0.25, 0.3) is 0 Å². The molecular formula is C15H18N2. The van der Waals surface area contributed by atoms with Crippen LogP contribution < -0.4 is 11.5 Å². The van der Waals surface area contributed by atoms with Crippen LogP contribution in [-0.2, 0) is 12.1 Å². The SMILES string of the molecule is NC(N)(CCc1ccccc1)c1ccccc1. The zero-order valence-electron chi connectivity index (χ0n) is 9.84. The number of aryl methyl sites for hydroxylation is 1. The molecule has 88 valence electrons. The Labute approximate surface area is 102 Å². The average Bonchev–Trinajstić information content (AvgIpc) is 2.39. The highest BCUT2D eigenvalue weighted by Gasteiger charge is 2.20. The fraction of sp³-hybridized carbons (Fsp3) is 0.200. The topological polar surface area (TPSA) is 52.0 Å². The highest BCUT2D eigenvalue weighted by molar-refractivity contribution is 5.23. The van der Waals surface area contributed by atoms with E-state index in [2.05, 4.69) is 12.1 Å². The van der Waals surface area contributed by atoms with E-state index in [1.54, 1.807) is 0 Å². The van der Waals surface area contributed by atoms with Crippen molar-refractivity contribution in [2.75, 3.05) is 0 Å². The predicted molar refractivity (Wildman–Crippen MR) is 71.3 cm³/mol. The van der Waals surface area contributed by atoms with Crippen molar-refractivity contribution in [2.24, 2.45) is 11.5 Å². The van der Waals surface area contributed by atoms with E-state index in [1.807, 2.05) is 48.5 Å². The molecule has 2 aromatic carbocycles. The van der Waals surface area contributed by atoms with E-state index in [1.165, 1.54) is 5.56 Å². The van der Waals surface area contributed by atoms with Crippen LogP contribution in [0.4, 0.5) is 0 Å². The second-order valence-corrected chi connectivity index (χ2v) is 4.39. The van der Waals surface area contributed by atoms with E-state index in [0.717, 1.165) is 18.4 Å². The molecular weight excluding hydrogens is 208 g/mol. The van der Waals surface area contributed by atoms with Crippen molar-refractivity contribution in [3.05, 3.63) is 71.8 Å². The first-order valence-corrected chi connectivity index (χ1v) is 5.86. The first kappa shape index (κ1) is 11.8. The molecule has 0 aliphatic rings. The minimum atomic E-state index is -0.753. The van der Waals surface area contributed by atoms with Crippen LogP contribution in [-0.4, -0.2) is 0 Å². The lowest BCUT2D eigenvalue weighted by atomic mass is 9.94. The first-order valence-electron chi connectivity index (χ1n) is 5.86. The van der Waals surface area contributed by atoms with Gasteiger partial charge in [0.15, 0.2) is 0 Å². The van der Waals surface area contributed by atoms with E-state index in [0.29, 0.717) is 0 Å². The molecule has 0 amide bonds. The van der Waals surface area contributed by atoms with Gasteiger partial charge in [0.2, 0.25) is 0 Å². The summed E-state index contributed by atoms with van der Waals surface area (Å²) in [6, 6.07) is 20.1. The number of hydrogen-bond acceptors (Lipinski definition) is 2. The molecule has 17 heavy (non-hydrogen) atoms. The highest BCUT2D eigenvalue weighted by Crippen LogP contribution is 2.18. The van der Waals surface area contributed by atoms with Gasteiger partial charge in [-0.2, -0.15) is 0 Å². The Morgan fingerprint density at radius 3 is 1.88 bits per heavy atom. The van der Waals surface area contributed by atoms with Crippen LogP contribution in [0.5, 0.6) is 0 Å². The van der Waals surface area contributed by atoms with Crippen LogP contribution in [0.25, 0.3) is 0 Å². The Balaban J connectivity index is 2.03. The van der Waals surface area contributed by atoms with Gasteiger partial charge in [0, 0.05) is 0 Å². The van der Waals surface area contributed by atoms with Crippen molar-refractivity contribution in [3.63, 3.8) is 0 Å². The molecule has 0 radical (unpaired) electrons. The largest absolute Gasteiger partial charge is 0.310 e. The van der Waals surface area contributed by atoms with Gasteiger partial charge in [-0.3, -0.25) is 0 Å². The number of rotatable bonds is 4. The summed E-state index contributed by atoms with van der Waals surface area (Å²) < 4.78 is 0. The molecule has 0 saturated heterocycles. The van der Waals surface area contributed by atoms with E-state index >= 15 is 0 Å². The first-order chi connectivity index (χ1) is 8.18. The van der Waals surface area contributed by atoms with Crippen molar-refractivity contribution in [2.45, 2.75) is 18.5 Å². The summed E-state index contributed by atoms with van der Waals surface area (Å²) in [6.07, 6.45) is 1.63. The summed E-state index contributed by atoms with van der Waals surface area (Å²) in [5.41, 5.74) is 13.8. The zero-order valence-corrected chi connectivity index (χ0v) is 9.84. The van der Waals surface area contributed by atoms with Crippen molar-refractivity contribution in [3.8, 4) is 0 Å². The van der Waals surface area contributed by atoms with Gasteiger partial charge in [-0.1, -0.05) is 60.7 Å². The Morgan fingerprint density at radius 1 is 0.765 bits per heavy atom. The lowest BCUT2D eigenvalue weighted by Crippen LogP contribution is -2.46. The molecule has 0 spiro atoms. The zero-order chi connectivity index (χ0) is 12.1. The van der Waals surface area contributed by atoms with Crippen LogP contribution in [0.3, 0.4) is 0 Å². The Bertz CT molecular complexity index is 449. The quantitative estimate of drug-likeness (QED) is 0.786. The summed E-state index contributed by atoms with van der Waals surface area (Å²) in [7, 11) is 0. The lowest BCUT2D eigenvalue weighted by Gasteiger charge is -2.25. The second kappa shape index (κ2) is 5.13. The van der Waals surface area contributed by atoms with Crippen LogP contribution in [0.2, 0.25) is 0 Å². The van der Waals surface area contributed by atoms with Gasteiger partial charge in [0.1, 0.15) is 0 Å². The van der Waals surface area contributed by atoms with Crippen LogP contribution in [0, 0.1) is 0 Å². The van der Waals surface area contributed by atoms with E-state index in [-0.39, 0.29) is 0 Å².